The summed E-state index contributed by atoms with van der Waals surface area (Å²) in [6, 6.07) is 10.7. The first kappa shape index (κ1) is 21.2. The Morgan fingerprint density at radius 3 is 2.59 bits per heavy atom. The zero-order valence-corrected chi connectivity index (χ0v) is 18.3. The van der Waals surface area contributed by atoms with Crippen LogP contribution in [0.25, 0.3) is 6.08 Å². The van der Waals surface area contributed by atoms with Gasteiger partial charge in [-0.2, -0.15) is 0 Å². The number of carbonyl (C=O) groups excluding carboxylic acids is 2. The fraction of sp³-hybridized carbons (Fsp3) is 0.238. The fourth-order valence-electron chi connectivity index (χ4n) is 2.86. The van der Waals surface area contributed by atoms with E-state index >= 15 is 0 Å². The predicted molar refractivity (Wildman–Crippen MR) is 115 cm³/mol. The molecule has 152 valence electrons. The van der Waals surface area contributed by atoms with Gasteiger partial charge in [-0.3, -0.25) is 9.69 Å². The third kappa shape index (κ3) is 4.92. The summed E-state index contributed by atoms with van der Waals surface area (Å²) in [5, 5.41) is 2.93. The van der Waals surface area contributed by atoms with Crippen molar-refractivity contribution in [1.82, 2.24) is 10.2 Å². The summed E-state index contributed by atoms with van der Waals surface area (Å²) in [5.74, 6) is 0.486. The van der Waals surface area contributed by atoms with Gasteiger partial charge in [0.05, 0.1) is 12.1 Å². The highest BCUT2D eigenvalue weighted by atomic mass is 79.9. The van der Waals surface area contributed by atoms with Gasteiger partial charge in [-0.05, 0) is 47.9 Å². The average Bonchev–Trinajstić information content (AvgIpc) is 2.96. The Hall–Kier alpha value is -2.51. The zero-order valence-electron chi connectivity index (χ0n) is 16.0. The van der Waals surface area contributed by atoms with E-state index in [1.165, 1.54) is 12.0 Å². The third-order valence-electron chi connectivity index (χ3n) is 4.27. The molecule has 0 saturated carbocycles. The summed E-state index contributed by atoms with van der Waals surface area (Å²) in [4.78, 5) is 25.5. The molecule has 2 aromatic carbocycles. The second-order valence-electron chi connectivity index (χ2n) is 6.39. The van der Waals surface area contributed by atoms with E-state index in [-0.39, 0.29) is 11.6 Å². The number of ether oxygens (including phenoxy) is 2. The Kier molecular flexibility index (Phi) is 6.82. The molecule has 1 aliphatic rings. The quantitative estimate of drug-likeness (QED) is 0.449. The largest absolute Gasteiger partial charge is 0.493 e. The molecule has 0 atom stereocenters. The minimum atomic E-state index is -0.421. The van der Waals surface area contributed by atoms with Crippen LogP contribution in [0.3, 0.4) is 0 Å². The SMILES string of the molecule is CCCN1C(=O)N/C(=C/c2cc(Cl)c(OCc3ccc(Br)cc3)c(OC)c2)C1=O. The molecule has 8 heteroatoms. The van der Waals surface area contributed by atoms with Crippen LogP contribution >= 0.6 is 27.5 Å². The molecule has 0 aromatic heterocycles. The van der Waals surface area contributed by atoms with Crippen molar-refractivity contribution < 1.29 is 19.1 Å². The van der Waals surface area contributed by atoms with E-state index in [2.05, 4.69) is 21.2 Å². The Morgan fingerprint density at radius 2 is 1.93 bits per heavy atom. The summed E-state index contributed by atoms with van der Waals surface area (Å²) in [5.41, 5.74) is 1.79. The van der Waals surface area contributed by atoms with Crippen LogP contribution in [0, 0.1) is 0 Å². The maximum Gasteiger partial charge on any atom is 0.329 e. The molecule has 3 rings (SSSR count). The number of amides is 3. The van der Waals surface area contributed by atoms with Gasteiger partial charge in [0, 0.05) is 11.0 Å². The van der Waals surface area contributed by atoms with E-state index < -0.39 is 6.03 Å². The van der Waals surface area contributed by atoms with Crippen molar-refractivity contribution in [2.45, 2.75) is 20.0 Å². The first-order valence-electron chi connectivity index (χ1n) is 9.02. The summed E-state index contributed by atoms with van der Waals surface area (Å²) in [6.07, 6.45) is 2.26. The number of benzene rings is 2. The lowest BCUT2D eigenvalue weighted by atomic mass is 10.1. The van der Waals surface area contributed by atoms with Gasteiger partial charge in [0.25, 0.3) is 5.91 Å². The highest BCUT2D eigenvalue weighted by Gasteiger charge is 2.32. The minimum absolute atomic E-state index is 0.199. The van der Waals surface area contributed by atoms with Gasteiger partial charge in [0.1, 0.15) is 12.3 Å². The zero-order chi connectivity index (χ0) is 21.0. The van der Waals surface area contributed by atoms with Crippen molar-refractivity contribution >= 4 is 45.5 Å². The van der Waals surface area contributed by atoms with Crippen LogP contribution < -0.4 is 14.8 Å². The van der Waals surface area contributed by atoms with Crippen LogP contribution in [-0.4, -0.2) is 30.5 Å². The summed E-state index contributed by atoms with van der Waals surface area (Å²) in [6.45, 7) is 2.60. The molecule has 1 fully saturated rings. The third-order valence-corrected chi connectivity index (χ3v) is 5.08. The molecule has 6 nitrogen and oxygen atoms in total. The van der Waals surface area contributed by atoms with E-state index in [4.69, 9.17) is 21.1 Å². The van der Waals surface area contributed by atoms with Crippen LogP contribution in [0.5, 0.6) is 11.5 Å². The molecular formula is C21H20BrClN2O4. The van der Waals surface area contributed by atoms with Crippen molar-refractivity contribution in [3.8, 4) is 11.5 Å². The molecule has 1 saturated heterocycles. The summed E-state index contributed by atoms with van der Waals surface area (Å²) in [7, 11) is 1.51. The lowest BCUT2D eigenvalue weighted by Crippen LogP contribution is -2.31. The maximum atomic E-state index is 12.4. The maximum absolute atomic E-state index is 12.4. The van der Waals surface area contributed by atoms with Crippen molar-refractivity contribution in [3.63, 3.8) is 0 Å². The van der Waals surface area contributed by atoms with Crippen LogP contribution in [0.4, 0.5) is 4.79 Å². The van der Waals surface area contributed by atoms with Crippen LogP contribution in [0.15, 0.2) is 46.6 Å². The van der Waals surface area contributed by atoms with Gasteiger partial charge in [0.2, 0.25) is 0 Å². The number of nitrogens with one attached hydrogen (secondary N) is 1. The number of halogens is 2. The molecule has 1 N–H and O–H groups in total. The lowest BCUT2D eigenvalue weighted by molar-refractivity contribution is -0.122. The van der Waals surface area contributed by atoms with Crippen LogP contribution in [0.1, 0.15) is 24.5 Å². The number of hydrogen-bond acceptors (Lipinski definition) is 4. The van der Waals surface area contributed by atoms with Gasteiger partial charge in [0.15, 0.2) is 11.5 Å². The van der Waals surface area contributed by atoms with E-state index in [1.54, 1.807) is 18.2 Å². The lowest BCUT2D eigenvalue weighted by Gasteiger charge is -2.14. The second-order valence-corrected chi connectivity index (χ2v) is 7.72. The second kappa shape index (κ2) is 9.33. The van der Waals surface area contributed by atoms with Crippen molar-refractivity contribution in [2.75, 3.05) is 13.7 Å². The first-order chi connectivity index (χ1) is 13.9. The molecule has 0 radical (unpaired) electrons. The van der Waals surface area contributed by atoms with Crippen molar-refractivity contribution in [3.05, 3.63) is 62.7 Å². The monoisotopic (exact) mass is 478 g/mol. The van der Waals surface area contributed by atoms with Gasteiger partial charge in [-0.15, -0.1) is 0 Å². The number of nitrogens with zero attached hydrogens (tertiary/aromatic N) is 1. The average molecular weight is 480 g/mol. The molecular weight excluding hydrogens is 460 g/mol. The summed E-state index contributed by atoms with van der Waals surface area (Å²) < 4.78 is 12.3. The molecule has 0 bridgehead atoms. The van der Waals surface area contributed by atoms with Gasteiger partial charge < -0.3 is 14.8 Å². The smallest absolute Gasteiger partial charge is 0.329 e. The van der Waals surface area contributed by atoms with Gasteiger partial charge in [-0.25, -0.2) is 4.79 Å². The molecule has 0 unspecified atom stereocenters. The molecule has 3 amide bonds. The van der Waals surface area contributed by atoms with Crippen molar-refractivity contribution in [1.29, 1.82) is 0 Å². The number of rotatable bonds is 7. The number of imide groups is 1. The molecule has 0 spiro atoms. The normalized spacial score (nSPS) is 15.0. The molecule has 1 heterocycles. The number of methoxy groups -OCH3 is 1. The molecule has 2 aromatic rings. The van der Waals surface area contributed by atoms with E-state index in [0.29, 0.717) is 41.7 Å². The molecule has 1 aliphatic heterocycles. The summed E-state index contributed by atoms with van der Waals surface area (Å²) >= 11 is 9.81. The van der Waals surface area contributed by atoms with Gasteiger partial charge in [-0.1, -0.05) is 46.6 Å². The van der Waals surface area contributed by atoms with E-state index in [1.807, 2.05) is 31.2 Å². The highest BCUT2D eigenvalue weighted by Crippen LogP contribution is 2.37. The molecule has 0 aliphatic carbocycles. The minimum Gasteiger partial charge on any atom is -0.493 e. The fourth-order valence-corrected chi connectivity index (χ4v) is 3.40. The Morgan fingerprint density at radius 1 is 1.21 bits per heavy atom. The number of hydrogen-bond donors (Lipinski definition) is 1. The molecule has 29 heavy (non-hydrogen) atoms. The number of carbonyl (C=O) groups is 2. The Bertz CT molecular complexity index is 960. The van der Waals surface area contributed by atoms with Crippen LogP contribution in [-0.2, 0) is 11.4 Å². The van der Waals surface area contributed by atoms with Gasteiger partial charge >= 0.3 is 6.03 Å². The Balaban J connectivity index is 1.82. The van der Waals surface area contributed by atoms with E-state index in [9.17, 15) is 9.59 Å². The standard InChI is InChI=1S/C21H20BrClN2O4/c1-3-8-25-20(26)17(24-21(25)27)10-14-9-16(23)19(18(11-14)28-2)29-12-13-4-6-15(22)7-5-13/h4-7,9-11H,3,8,12H2,1-2H3,(H,24,27)/b17-10+. The Labute approximate surface area is 182 Å². The predicted octanol–water partition coefficient (Wildman–Crippen LogP) is 4.99. The van der Waals surface area contributed by atoms with Crippen LogP contribution in [0.2, 0.25) is 5.02 Å². The first-order valence-corrected chi connectivity index (χ1v) is 10.2. The van der Waals surface area contributed by atoms with E-state index in [0.717, 1.165) is 10.0 Å². The van der Waals surface area contributed by atoms with Crippen molar-refractivity contribution in [2.24, 2.45) is 0 Å². The number of urea groups is 1. The topological polar surface area (TPSA) is 67.9 Å². The highest BCUT2D eigenvalue weighted by molar-refractivity contribution is 9.10.